The zero-order chi connectivity index (χ0) is 16.1. The Labute approximate surface area is 133 Å². The molecule has 0 radical (unpaired) electrons. The second kappa shape index (κ2) is 7.13. The lowest BCUT2D eigenvalue weighted by Gasteiger charge is -2.12. The van der Waals surface area contributed by atoms with Crippen LogP contribution in [0, 0.1) is 0 Å². The van der Waals surface area contributed by atoms with Crippen LogP contribution in [0.25, 0.3) is 11.3 Å². The maximum atomic E-state index is 11.8. The molecule has 1 aromatic heterocycles. The number of urea groups is 1. The molecule has 116 valence electrons. The molecule has 0 aliphatic heterocycles. The summed E-state index contributed by atoms with van der Waals surface area (Å²) in [4.78, 5) is 26.9. The number of rotatable bonds is 5. The van der Waals surface area contributed by atoms with Gasteiger partial charge in [-0.05, 0) is 19.4 Å². The first-order chi connectivity index (χ1) is 10.5. The number of benzene rings is 1. The van der Waals surface area contributed by atoms with E-state index in [9.17, 15) is 9.59 Å². The number of amides is 3. The van der Waals surface area contributed by atoms with Gasteiger partial charge in [-0.1, -0.05) is 42.1 Å². The minimum atomic E-state index is -0.846. The molecule has 6 nitrogen and oxygen atoms in total. The van der Waals surface area contributed by atoms with Gasteiger partial charge in [0.05, 0.1) is 17.1 Å². The maximum Gasteiger partial charge on any atom is 0.318 e. The number of aromatic nitrogens is 2. The van der Waals surface area contributed by atoms with Crippen LogP contribution < -0.4 is 11.1 Å². The smallest absolute Gasteiger partial charge is 0.318 e. The Kier molecular flexibility index (Phi) is 5.21. The molecule has 0 fully saturated rings. The average molecular weight is 318 g/mol. The molecule has 0 saturated carbocycles. The van der Waals surface area contributed by atoms with Crippen LogP contribution in [0.5, 0.6) is 0 Å². The number of carbonyl (C=O) groups is 2. The van der Waals surface area contributed by atoms with Gasteiger partial charge in [-0.3, -0.25) is 10.1 Å². The molecule has 3 N–H and O–H groups in total. The number of nitrogens with one attached hydrogen (secondary N) is 1. The van der Waals surface area contributed by atoms with Crippen LogP contribution in [0.1, 0.15) is 13.8 Å². The summed E-state index contributed by atoms with van der Waals surface area (Å²) in [6.07, 6.45) is 1.79. The van der Waals surface area contributed by atoms with Crippen molar-refractivity contribution in [2.24, 2.45) is 5.73 Å². The van der Waals surface area contributed by atoms with Gasteiger partial charge in [0.1, 0.15) is 0 Å². The second-order valence-electron chi connectivity index (χ2n) is 4.65. The van der Waals surface area contributed by atoms with E-state index in [0.29, 0.717) is 0 Å². The van der Waals surface area contributed by atoms with Gasteiger partial charge in [0.25, 0.3) is 0 Å². The van der Waals surface area contributed by atoms with E-state index in [4.69, 9.17) is 5.73 Å². The first-order valence-corrected chi connectivity index (χ1v) is 7.78. The van der Waals surface area contributed by atoms with Crippen LogP contribution >= 0.6 is 11.8 Å². The highest BCUT2D eigenvalue weighted by Crippen LogP contribution is 2.28. The number of carbonyl (C=O) groups excluding carboxylic acids is 2. The van der Waals surface area contributed by atoms with Gasteiger partial charge < -0.3 is 10.3 Å². The topological polar surface area (TPSA) is 90.0 Å². The predicted molar refractivity (Wildman–Crippen MR) is 86.4 cm³/mol. The van der Waals surface area contributed by atoms with Crippen LogP contribution in [-0.2, 0) is 11.3 Å². The molecule has 2 rings (SSSR count). The Morgan fingerprint density at radius 2 is 2.05 bits per heavy atom. The standard InChI is InChI=1S/C15H18N4O2S/c1-3-19-12(11-7-5-4-6-8-11)9-17-15(19)22-10(2)13(20)18-14(16)21/h4-10H,3H2,1-2H3,(H3,16,18,20,21)/t10-/m1/s1. The van der Waals surface area contributed by atoms with Crippen LogP contribution in [0.4, 0.5) is 4.79 Å². The van der Waals surface area contributed by atoms with E-state index in [1.54, 1.807) is 13.1 Å². The Bertz CT molecular complexity index is 669. The van der Waals surface area contributed by atoms with Crippen LogP contribution in [0.15, 0.2) is 41.7 Å². The summed E-state index contributed by atoms with van der Waals surface area (Å²) in [5, 5.41) is 2.34. The molecular weight excluding hydrogens is 300 g/mol. The Morgan fingerprint density at radius 3 is 2.64 bits per heavy atom. The fraction of sp³-hybridized carbons (Fsp3) is 0.267. The number of imide groups is 1. The summed E-state index contributed by atoms with van der Waals surface area (Å²) in [6, 6.07) is 9.08. The molecule has 22 heavy (non-hydrogen) atoms. The number of nitrogens with two attached hydrogens (primary N) is 1. The Hall–Kier alpha value is -2.28. The third-order valence-electron chi connectivity index (χ3n) is 3.10. The SMILES string of the molecule is CCn1c(-c2ccccc2)cnc1S[C@H](C)C(=O)NC(N)=O. The van der Waals surface area contributed by atoms with Gasteiger partial charge in [0.2, 0.25) is 5.91 Å². The lowest BCUT2D eigenvalue weighted by Crippen LogP contribution is -2.39. The summed E-state index contributed by atoms with van der Waals surface area (Å²) in [7, 11) is 0. The maximum absolute atomic E-state index is 11.8. The van der Waals surface area contributed by atoms with E-state index < -0.39 is 17.2 Å². The molecule has 0 unspecified atom stereocenters. The lowest BCUT2D eigenvalue weighted by atomic mass is 10.2. The molecule has 7 heteroatoms. The number of hydrogen-bond donors (Lipinski definition) is 2. The van der Waals surface area contributed by atoms with Crippen molar-refractivity contribution in [1.29, 1.82) is 0 Å². The fourth-order valence-electron chi connectivity index (χ4n) is 2.03. The number of hydrogen-bond acceptors (Lipinski definition) is 4. The highest BCUT2D eigenvalue weighted by molar-refractivity contribution is 8.00. The first kappa shape index (κ1) is 16.1. The number of imidazole rings is 1. The lowest BCUT2D eigenvalue weighted by molar-refractivity contribution is -0.119. The average Bonchev–Trinajstić information content (AvgIpc) is 2.90. The van der Waals surface area contributed by atoms with Gasteiger partial charge in [-0.25, -0.2) is 9.78 Å². The molecule has 0 spiro atoms. The number of nitrogens with zero attached hydrogens (tertiary/aromatic N) is 2. The zero-order valence-electron chi connectivity index (χ0n) is 12.4. The van der Waals surface area contributed by atoms with E-state index in [-0.39, 0.29) is 0 Å². The summed E-state index contributed by atoms with van der Waals surface area (Å²) in [5.41, 5.74) is 7.02. The van der Waals surface area contributed by atoms with Gasteiger partial charge in [-0.15, -0.1) is 0 Å². The zero-order valence-corrected chi connectivity index (χ0v) is 13.3. The van der Waals surface area contributed by atoms with Crippen LogP contribution in [-0.4, -0.2) is 26.7 Å². The van der Waals surface area contributed by atoms with Gasteiger partial charge >= 0.3 is 6.03 Å². The van der Waals surface area contributed by atoms with Crippen LogP contribution in [0.3, 0.4) is 0 Å². The van der Waals surface area contributed by atoms with Gasteiger partial charge in [0.15, 0.2) is 5.16 Å². The minimum Gasteiger partial charge on any atom is -0.351 e. The molecular formula is C15H18N4O2S. The van der Waals surface area contributed by atoms with Crippen molar-refractivity contribution in [3.63, 3.8) is 0 Å². The minimum absolute atomic E-state index is 0.426. The van der Waals surface area contributed by atoms with Crippen molar-refractivity contribution in [2.75, 3.05) is 0 Å². The van der Waals surface area contributed by atoms with Crippen molar-refractivity contribution in [2.45, 2.75) is 30.8 Å². The Balaban J connectivity index is 2.21. The Morgan fingerprint density at radius 1 is 1.36 bits per heavy atom. The third-order valence-corrected chi connectivity index (χ3v) is 4.21. The molecule has 0 bridgehead atoms. The highest BCUT2D eigenvalue weighted by Gasteiger charge is 2.19. The monoisotopic (exact) mass is 318 g/mol. The first-order valence-electron chi connectivity index (χ1n) is 6.90. The van der Waals surface area contributed by atoms with E-state index in [2.05, 4.69) is 10.3 Å². The van der Waals surface area contributed by atoms with Crippen molar-refractivity contribution in [3.05, 3.63) is 36.5 Å². The van der Waals surface area contributed by atoms with Crippen molar-refractivity contribution in [3.8, 4) is 11.3 Å². The molecule has 3 amide bonds. The van der Waals surface area contributed by atoms with E-state index in [1.807, 2.05) is 41.8 Å². The molecule has 0 aliphatic carbocycles. The van der Waals surface area contributed by atoms with Gasteiger partial charge in [0, 0.05) is 6.54 Å². The van der Waals surface area contributed by atoms with Gasteiger partial charge in [-0.2, -0.15) is 0 Å². The van der Waals surface area contributed by atoms with E-state index in [0.717, 1.165) is 23.0 Å². The second-order valence-corrected chi connectivity index (χ2v) is 5.96. The molecule has 0 aliphatic rings. The fourth-order valence-corrected chi connectivity index (χ4v) is 2.98. The third kappa shape index (κ3) is 3.67. The number of thioether (sulfide) groups is 1. The summed E-state index contributed by atoms with van der Waals surface area (Å²) < 4.78 is 2.04. The van der Waals surface area contributed by atoms with Crippen LogP contribution in [0.2, 0.25) is 0 Å². The van der Waals surface area contributed by atoms with E-state index >= 15 is 0 Å². The molecule has 1 atom stereocenters. The number of primary amides is 1. The summed E-state index contributed by atoms with van der Waals surface area (Å²) >= 11 is 1.29. The highest BCUT2D eigenvalue weighted by atomic mass is 32.2. The molecule has 2 aromatic rings. The predicted octanol–water partition coefficient (Wildman–Crippen LogP) is 2.25. The normalized spacial score (nSPS) is 11.9. The summed E-state index contributed by atoms with van der Waals surface area (Å²) in [5.74, 6) is -0.426. The molecule has 0 saturated heterocycles. The molecule has 1 heterocycles. The quantitative estimate of drug-likeness (QED) is 0.827. The largest absolute Gasteiger partial charge is 0.351 e. The van der Waals surface area contributed by atoms with Crippen molar-refractivity contribution >= 4 is 23.7 Å². The summed E-state index contributed by atoms with van der Waals surface area (Å²) in [6.45, 7) is 4.46. The molecule has 1 aromatic carbocycles. The van der Waals surface area contributed by atoms with E-state index in [1.165, 1.54) is 11.8 Å². The van der Waals surface area contributed by atoms with Crippen molar-refractivity contribution in [1.82, 2.24) is 14.9 Å². The van der Waals surface area contributed by atoms with Crippen molar-refractivity contribution < 1.29 is 9.59 Å².